The van der Waals surface area contributed by atoms with Crippen LogP contribution in [0.25, 0.3) is 17.0 Å². The molecule has 0 spiro atoms. The predicted molar refractivity (Wildman–Crippen MR) is 110 cm³/mol. The Balaban J connectivity index is 1.45. The van der Waals surface area contributed by atoms with Crippen LogP contribution in [0.15, 0.2) is 59.5 Å². The summed E-state index contributed by atoms with van der Waals surface area (Å²) < 4.78 is 65.8. The maximum atomic E-state index is 13.7. The van der Waals surface area contributed by atoms with E-state index in [1.165, 1.54) is 4.52 Å². The number of aromatic nitrogens is 4. The Kier molecular flexibility index (Phi) is 5.97. The van der Waals surface area contributed by atoms with Crippen molar-refractivity contribution >= 4 is 15.7 Å². The van der Waals surface area contributed by atoms with E-state index in [0.717, 1.165) is 17.7 Å². The van der Waals surface area contributed by atoms with Gasteiger partial charge in [-0.05, 0) is 36.4 Å². The molecule has 0 unspecified atom stereocenters. The van der Waals surface area contributed by atoms with E-state index in [2.05, 4.69) is 20.0 Å². The fraction of sp³-hybridized carbons (Fsp3) is 0.150. The molecule has 0 fully saturated rings. The van der Waals surface area contributed by atoms with E-state index < -0.39 is 26.6 Å². The zero-order chi connectivity index (χ0) is 22.7. The van der Waals surface area contributed by atoms with Gasteiger partial charge in [0.2, 0.25) is 15.9 Å². The molecule has 0 bridgehead atoms. The van der Waals surface area contributed by atoms with E-state index in [0.29, 0.717) is 23.3 Å². The van der Waals surface area contributed by atoms with E-state index in [-0.39, 0.29) is 19.0 Å². The number of benzene rings is 2. The lowest BCUT2D eigenvalue weighted by atomic mass is 10.2. The van der Waals surface area contributed by atoms with Crippen LogP contribution >= 0.6 is 0 Å². The quantitative estimate of drug-likeness (QED) is 0.402. The summed E-state index contributed by atoms with van der Waals surface area (Å²) in [7, 11) is -2.69. The monoisotopic (exact) mass is 461 g/mol. The third-order valence-corrected chi connectivity index (χ3v) is 5.87. The number of nitrogens with zero attached hydrogens (tertiary/aromatic N) is 4. The standard InChI is InChI=1S/C20H17F2N5O4S/c1-30-15-4-2-3-13(11-15)20-25-24-18-7-8-19(26-27(18)20)31-10-9-23-32(28,29)17-12-14(21)5-6-16(17)22/h2-8,11-12,23H,9-10H2,1H3. The summed E-state index contributed by atoms with van der Waals surface area (Å²) in [6, 6.07) is 12.6. The van der Waals surface area contributed by atoms with Crippen molar-refractivity contribution in [1.82, 2.24) is 24.5 Å². The number of halogens is 2. The molecule has 4 rings (SSSR count). The molecule has 0 aliphatic heterocycles. The highest BCUT2D eigenvalue weighted by Crippen LogP contribution is 2.23. The highest BCUT2D eigenvalue weighted by molar-refractivity contribution is 7.89. The minimum atomic E-state index is -4.25. The maximum Gasteiger partial charge on any atom is 0.243 e. The molecule has 0 saturated heterocycles. The number of ether oxygens (including phenoxy) is 2. The average molecular weight is 461 g/mol. The minimum absolute atomic E-state index is 0.106. The summed E-state index contributed by atoms with van der Waals surface area (Å²) in [6.07, 6.45) is 0. The third kappa shape index (κ3) is 4.50. The van der Waals surface area contributed by atoms with Gasteiger partial charge in [0.15, 0.2) is 11.5 Å². The Morgan fingerprint density at radius 1 is 1.06 bits per heavy atom. The van der Waals surface area contributed by atoms with Crippen LogP contribution < -0.4 is 14.2 Å². The fourth-order valence-electron chi connectivity index (χ4n) is 2.88. The highest BCUT2D eigenvalue weighted by atomic mass is 32.2. The van der Waals surface area contributed by atoms with E-state index >= 15 is 0 Å². The van der Waals surface area contributed by atoms with Crippen LogP contribution in [0.3, 0.4) is 0 Å². The first-order valence-corrected chi connectivity index (χ1v) is 10.8. The molecule has 2 aromatic carbocycles. The first kappa shape index (κ1) is 21.6. The van der Waals surface area contributed by atoms with Gasteiger partial charge in [-0.3, -0.25) is 0 Å². The van der Waals surface area contributed by atoms with Gasteiger partial charge >= 0.3 is 0 Å². The molecular formula is C20H17F2N5O4S. The van der Waals surface area contributed by atoms with E-state index in [1.807, 2.05) is 12.1 Å². The van der Waals surface area contributed by atoms with Gasteiger partial charge in [-0.15, -0.1) is 15.3 Å². The Morgan fingerprint density at radius 2 is 1.91 bits per heavy atom. The molecule has 0 radical (unpaired) electrons. The second-order valence-electron chi connectivity index (χ2n) is 6.52. The van der Waals surface area contributed by atoms with Crippen molar-refractivity contribution < 1.29 is 26.7 Å². The SMILES string of the molecule is COc1cccc(-c2nnc3ccc(OCCNS(=O)(=O)c4cc(F)ccc4F)nn23)c1. The molecule has 4 aromatic rings. The average Bonchev–Trinajstić information content (AvgIpc) is 3.21. The Labute approximate surface area is 181 Å². The third-order valence-electron chi connectivity index (χ3n) is 4.39. The fourth-order valence-corrected chi connectivity index (χ4v) is 3.98. The Bertz CT molecular complexity index is 1380. The molecule has 1 N–H and O–H groups in total. The highest BCUT2D eigenvalue weighted by Gasteiger charge is 2.19. The summed E-state index contributed by atoms with van der Waals surface area (Å²) >= 11 is 0. The molecule has 2 aromatic heterocycles. The smallest absolute Gasteiger partial charge is 0.243 e. The second-order valence-corrected chi connectivity index (χ2v) is 8.25. The number of methoxy groups -OCH3 is 1. The maximum absolute atomic E-state index is 13.7. The van der Waals surface area contributed by atoms with Crippen molar-refractivity contribution in [3.8, 4) is 23.0 Å². The normalized spacial score (nSPS) is 11.6. The lowest BCUT2D eigenvalue weighted by Crippen LogP contribution is -2.29. The van der Waals surface area contributed by atoms with Gasteiger partial charge in [0.1, 0.15) is 28.9 Å². The van der Waals surface area contributed by atoms with Gasteiger partial charge in [-0.2, -0.15) is 4.52 Å². The van der Waals surface area contributed by atoms with Crippen LogP contribution in [0.4, 0.5) is 8.78 Å². The minimum Gasteiger partial charge on any atom is -0.497 e. The molecule has 166 valence electrons. The van der Waals surface area contributed by atoms with Crippen LogP contribution in [0.1, 0.15) is 0 Å². The van der Waals surface area contributed by atoms with Crippen molar-refractivity contribution in [1.29, 1.82) is 0 Å². The Morgan fingerprint density at radius 3 is 2.72 bits per heavy atom. The van der Waals surface area contributed by atoms with Crippen molar-refractivity contribution in [2.24, 2.45) is 0 Å². The number of rotatable bonds is 8. The number of hydrogen-bond acceptors (Lipinski definition) is 7. The van der Waals surface area contributed by atoms with Crippen LogP contribution in [0, 0.1) is 11.6 Å². The first-order valence-electron chi connectivity index (χ1n) is 9.32. The van der Waals surface area contributed by atoms with Crippen molar-refractivity contribution in [2.45, 2.75) is 4.90 Å². The van der Waals surface area contributed by atoms with E-state index in [4.69, 9.17) is 9.47 Å². The molecule has 0 aliphatic rings. The topological polar surface area (TPSA) is 108 Å². The summed E-state index contributed by atoms with van der Waals surface area (Å²) in [5.41, 5.74) is 1.21. The second kappa shape index (κ2) is 8.85. The predicted octanol–water partition coefficient (Wildman–Crippen LogP) is 2.44. The zero-order valence-electron chi connectivity index (χ0n) is 16.7. The Hall–Kier alpha value is -3.64. The van der Waals surface area contributed by atoms with Gasteiger partial charge in [0.25, 0.3) is 0 Å². The van der Waals surface area contributed by atoms with Gasteiger partial charge < -0.3 is 9.47 Å². The molecule has 0 amide bonds. The summed E-state index contributed by atoms with van der Waals surface area (Å²) in [6.45, 7) is -0.297. The number of fused-ring (bicyclic) bond motifs is 1. The van der Waals surface area contributed by atoms with Crippen LogP contribution in [0.5, 0.6) is 11.6 Å². The van der Waals surface area contributed by atoms with E-state index in [1.54, 1.807) is 31.4 Å². The van der Waals surface area contributed by atoms with Crippen LogP contribution in [0.2, 0.25) is 0 Å². The van der Waals surface area contributed by atoms with Gasteiger partial charge in [0, 0.05) is 18.2 Å². The van der Waals surface area contributed by atoms with Gasteiger partial charge in [-0.25, -0.2) is 21.9 Å². The zero-order valence-corrected chi connectivity index (χ0v) is 17.5. The molecule has 0 atom stereocenters. The molecule has 9 nitrogen and oxygen atoms in total. The van der Waals surface area contributed by atoms with Crippen molar-refractivity contribution in [3.05, 3.63) is 66.2 Å². The molecular weight excluding hydrogens is 444 g/mol. The number of hydrogen-bond donors (Lipinski definition) is 1. The van der Waals surface area contributed by atoms with Gasteiger partial charge in [-0.1, -0.05) is 12.1 Å². The lowest BCUT2D eigenvalue weighted by molar-refractivity contribution is 0.306. The van der Waals surface area contributed by atoms with Crippen LogP contribution in [-0.4, -0.2) is 48.5 Å². The summed E-state index contributed by atoms with van der Waals surface area (Å²) in [5.74, 6) is -0.608. The van der Waals surface area contributed by atoms with E-state index in [9.17, 15) is 17.2 Å². The summed E-state index contributed by atoms with van der Waals surface area (Å²) in [4.78, 5) is -0.774. The summed E-state index contributed by atoms with van der Waals surface area (Å²) in [5, 5.41) is 12.5. The van der Waals surface area contributed by atoms with Crippen molar-refractivity contribution in [2.75, 3.05) is 20.3 Å². The molecule has 0 aliphatic carbocycles. The number of nitrogens with one attached hydrogen (secondary N) is 1. The molecule has 2 heterocycles. The molecule has 32 heavy (non-hydrogen) atoms. The van der Waals surface area contributed by atoms with Gasteiger partial charge in [0.05, 0.1) is 7.11 Å². The van der Waals surface area contributed by atoms with Crippen LogP contribution in [-0.2, 0) is 10.0 Å². The lowest BCUT2D eigenvalue weighted by Gasteiger charge is -2.09. The first-order chi connectivity index (χ1) is 15.4. The van der Waals surface area contributed by atoms with Crippen molar-refractivity contribution in [3.63, 3.8) is 0 Å². The largest absolute Gasteiger partial charge is 0.497 e. The molecule has 12 heteroatoms. The number of sulfonamides is 1. The molecule has 0 saturated carbocycles.